The molecule has 7 heteroatoms. The molecule has 0 aliphatic carbocycles. The zero-order chi connectivity index (χ0) is 19.1. The van der Waals surface area contributed by atoms with E-state index in [4.69, 9.17) is 9.26 Å². The summed E-state index contributed by atoms with van der Waals surface area (Å²) in [5, 5.41) is 4.05. The molecule has 3 rings (SSSR count). The van der Waals surface area contributed by atoms with Crippen LogP contribution in [-0.4, -0.2) is 71.8 Å². The van der Waals surface area contributed by atoms with Gasteiger partial charge in [0.05, 0.1) is 13.2 Å². The lowest BCUT2D eigenvalue weighted by molar-refractivity contribution is -0.129. The molecular formula is C20H28N4O3. The molecule has 0 bridgehead atoms. The van der Waals surface area contributed by atoms with E-state index in [0.29, 0.717) is 24.7 Å². The maximum absolute atomic E-state index is 11.9. The topological polar surface area (TPSA) is 71.7 Å². The Labute approximate surface area is 160 Å². The van der Waals surface area contributed by atoms with Crippen molar-refractivity contribution in [2.45, 2.75) is 26.7 Å². The molecule has 1 saturated heterocycles. The van der Waals surface area contributed by atoms with Gasteiger partial charge in [-0.25, -0.2) is 0 Å². The van der Waals surface area contributed by atoms with Gasteiger partial charge in [0.2, 0.25) is 17.6 Å². The third-order valence-electron chi connectivity index (χ3n) is 4.82. The molecule has 27 heavy (non-hydrogen) atoms. The summed E-state index contributed by atoms with van der Waals surface area (Å²) in [7, 11) is 0. The number of rotatable bonds is 8. The summed E-state index contributed by atoms with van der Waals surface area (Å²) in [6.45, 7) is 9.54. The normalized spacial score (nSPS) is 15.0. The number of carbonyl (C=O) groups excluding carboxylic acids is 1. The number of amides is 1. The summed E-state index contributed by atoms with van der Waals surface area (Å²) in [5.74, 6) is 1.23. The molecule has 2 heterocycles. The van der Waals surface area contributed by atoms with E-state index in [1.807, 2.05) is 36.1 Å². The highest BCUT2D eigenvalue weighted by Gasteiger charge is 2.14. The fourth-order valence-corrected chi connectivity index (χ4v) is 3.14. The number of hydrogen-bond donors (Lipinski definition) is 0. The van der Waals surface area contributed by atoms with Crippen LogP contribution < -0.4 is 0 Å². The second kappa shape index (κ2) is 9.62. The minimum Gasteiger partial charge on any atom is -0.379 e. The van der Waals surface area contributed by atoms with Crippen LogP contribution >= 0.6 is 0 Å². The molecule has 0 saturated carbocycles. The highest BCUT2D eigenvalue weighted by Crippen LogP contribution is 2.16. The molecule has 0 N–H and O–H groups in total. The first-order valence-electron chi connectivity index (χ1n) is 9.57. The molecule has 1 aromatic carbocycles. The lowest BCUT2D eigenvalue weighted by atomic mass is 10.1. The number of benzene rings is 1. The summed E-state index contributed by atoms with van der Waals surface area (Å²) in [6.07, 6.45) is 1.52. The van der Waals surface area contributed by atoms with Crippen molar-refractivity contribution in [2.75, 3.05) is 45.9 Å². The molecule has 1 amide bonds. The van der Waals surface area contributed by atoms with Crippen molar-refractivity contribution in [3.05, 3.63) is 35.7 Å². The molecule has 1 fully saturated rings. The number of aryl methyl sites for hydroxylation is 1. The largest absolute Gasteiger partial charge is 0.379 e. The summed E-state index contributed by atoms with van der Waals surface area (Å²) >= 11 is 0. The summed E-state index contributed by atoms with van der Waals surface area (Å²) in [4.78, 5) is 20.6. The quantitative estimate of drug-likeness (QED) is 0.707. The van der Waals surface area contributed by atoms with Crippen LogP contribution in [0.5, 0.6) is 0 Å². The number of carbonyl (C=O) groups is 1. The van der Waals surface area contributed by atoms with Gasteiger partial charge < -0.3 is 14.2 Å². The fraction of sp³-hybridized carbons (Fsp3) is 0.550. The SMILES string of the molecule is CC(=O)N(CCCN1CCOCC1)CCc1nc(-c2ccc(C)cc2)no1. The van der Waals surface area contributed by atoms with Crippen molar-refractivity contribution in [1.82, 2.24) is 19.9 Å². The first kappa shape index (κ1) is 19.5. The van der Waals surface area contributed by atoms with Gasteiger partial charge in [-0.1, -0.05) is 35.0 Å². The summed E-state index contributed by atoms with van der Waals surface area (Å²) in [5.41, 5.74) is 2.13. The molecule has 7 nitrogen and oxygen atoms in total. The van der Waals surface area contributed by atoms with E-state index >= 15 is 0 Å². The predicted octanol–water partition coefficient (Wildman–Crippen LogP) is 2.16. The van der Waals surface area contributed by atoms with Gasteiger partial charge in [0.1, 0.15) is 0 Å². The molecule has 0 atom stereocenters. The van der Waals surface area contributed by atoms with Gasteiger partial charge in [0.15, 0.2) is 0 Å². The van der Waals surface area contributed by atoms with Crippen molar-refractivity contribution in [2.24, 2.45) is 0 Å². The van der Waals surface area contributed by atoms with E-state index in [1.165, 1.54) is 5.56 Å². The minimum atomic E-state index is 0.0789. The molecule has 2 aromatic rings. The van der Waals surface area contributed by atoms with Crippen molar-refractivity contribution in [1.29, 1.82) is 0 Å². The van der Waals surface area contributed by atoms with E-state index < -0.39 is 0 Å². The third-order valence-corrected chi connectivity index (χ3v) is 4.82. The van der Waals surface area contributed by atoms with Gasteiger partial charge in [-0.15, -0.1) is 0 Å². The average molecular weight is 372 g/mol. The predicted molar refractivity (Wildman–Crippen MR) is 102 cm³/mol. The summed E-state index contributed by atoms with van der Waals surface area (Å²) < 4.78 is 10.7. The Morgan fingerprint density at radius 3 is 2.63 bits per heavy atom. The van der Waals surface area contributed by atoms with Gasteiger partial charge in [0.25, 0.3) is 0 Å². The van der Waals surface area contributed by atoms with E-state index in [1.54, 1.807) is 6.92 Å². The molecule has 0 unspecified atom stereocenters. The van der Waals surface area contributed by atoms with E-state index in [0.717, 1.165) is 51.4 Å². The second-order valence-corrected chi connectivity index (χ2v) is 6.94. The van der Waals surface area contributed by atoms with E-state index in [2.05, 4.69) is 15.0 Å². The Kier molecular flexibility index (Phi) is 6.95. The standard InChI is InChI=1S/C20H28N4O3/c1-16-4-6-18(7-5-16)20-21-19(27-22-20)8-11-24(17(2)25)10-3-9-23-12-14-26-15-13-23/h4-7H,3,8-15H2,1-2H3. The van der Waals surface area contributed by atoms with Crippen LogP contribution in [-0.2, 0) is 16.0 Å². The fourth-order valence-electron chi connectivity index (χ4n) is 3.14. The Balaban J connectivity index is 1.47. The molecular weight excluding hydrogens is 344 g/mol. The van der Waals surface area contributed by atoms with E-state index in [-0.39, 0.29) is 5.91 Å². The highest BCUT2D eigenvalue weighted by atomic mass is 16.5. The van der Waals surface area contributed by atoms with Gasteiger partial charge >= 0.3 is 0 Å². The van der Waals surface area contributed by atoms with Crippen LogP contribution in [0.2, 0.25) is 0 Å². The highest BCUT2D eigenvalue weighted by molar-refractivity contribution is 5.73. The number of nitrogens with zero attached hydrogens (tertiary/aromatic N) is 4. The van der Waals surface area contributed by atoms with Crippen LogP contribution in [0.15, 0.2) is 28.8 Å². The van der Waals surface area contributed by atoms with Crippen LogP contribution in [0.3, 0.4) is 0 Å². The van der Waals surface area contributed by atoms with Crippen LogP contribution in [0.1, 0.15) is 24.8 Å². The van der Waals surface area contributed by atoms with Crippen molar-refractivity contribution in [3.8, 4) is 11.4 Å². The van der Waals surface area contributed by atoms with Crippen molar-refractivity contribution in [3.63, 3.8) is 0 Å². The number of hydrogen-bond acceptors (Lipinski definition) is 6. The summed E-state index contributed by atoms with van der Waals surface area (Å²) in [6, 6.07) is 8.02. The minimum absolute atomic E-state index is 0.0789. The van der Waals surface area contributed by atoms with Gasteiger partial charge in [-0.3, -0.25) is 9.69 Å². The molecule has 0 radical (unpaired) electrons. The first-order valence-corrected chi connectivity index (χ1v) is 9.57. The molecule has 1 aliphatic rings. The molecule has 0 spiro atoms. The average Bonchev–Trinajstić information content (AvgIpc) is 3.14. The van der Waals surface area contributed by atoms with Gasteiger partial charge in [0, 0.05) is 51.6 Å². The molecule has 146 valence electrons. The first-order chi connectivity index (χ1) is 13.1. The monoisotopic (exact) mass is 372 g/mol. The number of morpholine rings is 1. The Morgan fingerprint density at radius 1 is 1.19 bits per heavy atom. The van der Waals surface area contributed by atoms with Crippen molar-refractivity contribution < 1.29 is 14.1 Å². The maximum atomic E-state index is 11.9. The van der Waals surface area contributed by atoms with Gasteiger partial charge in [-0.2, -0.15) is 4.98 Å². The van der Waals surface area contributed by atoms with Crippen LogP contribution in [0, 0.1) is 6.92 Å². The van der Waals surface area contributed by atoms with E-state index in [9.17, 15) is 4.79 Å². The number of aromatic nitrogens is 2. The Bertz CT molecular complexity index is 723. The lowest BCUT2D eigenvalue weighted by Gasteiger charge is -2.28. The lowest BCUT2D eigenvalue weighted by Crippen LogP contribution is -2.39. The van der Waals surface area contributed by atoms with Crippen LogP contribution in [0.4, 0.5) is 0 Å². The van der Waals surface area contributed by atoms with Crippen molar-refractivity contribution >= 4 is 5.91 Å². The zero-order valence-electron chi connectivity index (χ0n) is 16.2. The Morgan fingerprint density at radius 2 is 1.93 bits per heavy atom. The Hall–Kier alpha value is -2.25. The molecule has 1 aliphatic heterocycles. The maximum Gasteiger partial charge on any atom is 0.228 e. The third kappa shape index (κ3) is 5.87. The number of ether oxygens (including phenoxy) is 1. The smallest absolute Gasteiger partial charge is 0.228 e. The zero-order valence-corrected chi connectivity index (χ0v) is 16.2. The molecule has 1 aromatic heterocycles. The van der Waals surface area contributed by atoms with Gasteiger partial charge in [-0.05, 0) is 13.3 Å². The second-order valence-electron chi connectivity index (χ2n) is 6.94. The van der Waals surface area contributed by atoms with Crippen LogP contribution in [0.25, 0.3) is 11.4 Å².